The zero-order valence-electron chi connectivity index (χ0n) is 16.0. The Balaban J connectivity index is 1.27. The Kier molecular flexibility index (Phi) is 5.36. The number of hydrogen-bond donors (Lipinski definition) is 0. The topological polar surface area (TPSA) is 45.4 Å². The van der Waals surface area contributed by atoms with E-state index in [1.165, 1.54) is 51.7 Å². The van der Waals surface area contributed by atoms with Gasteiger partial charge >= 0.3 is 0 Å². The number of aromatic nitrogens is 2. The molecule has 1 aliphatic carbocycles. The average Bonchev–Trinajstić information content (AvgIpc) is 3.14. The maximum absolute atomic E-state index is 5.10. The van der Waals surface area contributed by atoms with Gasteiger partial charge in [0.2, 0.25) is 5.89 Å². The van der Waals surface area contributed by atoms with Gasteiger partial charge in [-0.3, -0.25) is 4.90 Å². The third kappa shape index (κ3) is 4.15. The average molecular weight is 354 g/mol. The van der Waals surface area contributed by atoms with E-state index in [0.717, 1.165) is 18.3 Å². The molecule has 0 N–H and O–H groups in total. The van der Waals surface area contributed by atoms with Crippen molar-refractivity contribution in [2.45, 2.75) is 51.6 Å². The highest BCUT2D eigenvalue weighted by Crippen LogP contribution is 2.28. The number of hydrogen-bond acceptors (Lipinski definition) is 5. The van der Waals surface area contributed by atoms with Crippen molar-refractivity contribution >= 4 is 0 Å². The van der Waals surface area contributed by atoms with Crippen LogP contribution in [-0.4, -0.2) is 52.7 Å². The molecule has 1 aromatic heterocycles. The lowest BCUT2D eigenvalue weighted by molar-refractivity contribution is 0.196. The number of aryl methyl sites for hydroxylation is 1. The molecule has 5 heteroatoms. The minimum absolute atomic E-state index is 0.611. The van der Waals surface area contributed by atoms with Crippen molar-refractivity contribution in [3.05, 3.63) is 47.1 Å². The fraction of sp³-hybridized carbons (Fsp3) is 0.619. The molecule has 1 atom stereocenters. The highest BCUT2D eigenvalue weighted by molar-refractivity contribution is 5.32. The molecular weight excluding hydrogens is 324 g/mol. The van der Waals surface area contributed by atoms with Crippen LogP contribution >= 0.6 is 0 Å². The minimum atomic E-state index is 0.611. The van der Waals surface area contributed by atoms with Gasteiger partial charge in [0.05, 0.1) is 6.54 Å². The van der Waals surface area contributed by atoms with Gasteiger partial charge in [-0.1, -0.05) is 29.4 Å². The molecule has 1 unspecified atom stereocenters. The normalized spacial score (nSPS) is 21.9. The smallest absolute Gasteiger partial charge is 0.223 e. The summed E-state index contributed by atoms with van der Waals surface area (Å²) < 4.78 is 5.10. The van der Waals surface area contributed by atoms with Crippen LogP contribution in [0, 0.1) is 12.8 Å². The predicted molar refractivity (Wildman–Crippen MR) is 102 cm³/mol. The van der Waals surface area contributed by atoms with Crippen LogP contribution in [-0.2, 0) is 19.4 Å². The van der Waals surface area contributed by atoms with E-state index in [4.69, 9.17) is 4.52 Å². The molecule has 26 heavy (non-hydrogen) atoms. The Morgan fingerprint density at radius 2 is 1.92 bits per heavy atom. The van der Waals surface area contributed by atoms with Gasteiger partial charge < -0.3 is 9.42 Å². The second-order valence-electron chi connectivity index (χ2n) is 8.07. The molecule has 140 valence electrons. The van der Waals surface area contributed by atoms with Gasteiger partial charge in [-0.25, -0.2) is 0 Å². The molecule has 4 rings (SSSR count). The van der Waals surface area contributed by atoms with Crippen molar-refractivity contribution in [3.63, 3.8) is 0 Å². The molecule has 1 fully saturated rings. The Hall–Kier alpha value is -1.72. The van der Waals surface area contributed by atoms with Gasteiger partial charge in [0.25, 0.3) is 0 Å². The lowest BCUT2D eigenvalue weighted by Crippen LogP contribution is -2.34. The third-order valence-electron chi connectivity index (χ3n) is 6.03. The molecular formula is C21H30N4O. The standard InChI is InChI=1S/C21H30N4O/c1-16-22-21(23-26-16)15-24(2)20-8-5-10-25(11-9-20)14-17-12-18-6-3-4-7-19(18)13-17/h3-4,6-7,17,20H,5,8-15H2,1-2H3. The maximum atomic E-state index is 5.10. The van der Waals surface area contributed by atoms with Gasteiger partial charge in [0.15, 0.2) is 5.82 Å². The summed E-state index contributed by atoms with van der Waals surface area (Å²) in [5.74, 6) is 2.25. The third-order valence-corrected chi connectivity index (χ3v) is 6.03. The molecule has 0 spiro atoms. The van der Waals surface area contributed by atoms with Crippen LogP contribution in [0.15, 0.2) is 28.8 Å². The number of nitrogens with zero attached hydrogens (tertiary/aromatic N) is 4. The first-order valence-electron chi connectivity index (χ1n) is 9.96. The van der Waals surface area contributed by atoms with Crippen LogP contribution < -0.4 is 0 Å². The van der Waals surface area contributed by atoms with Crippen molar-refractivity contribution in [2.24, 2.45) is 5.92 Å². The number of fused-ring (bicyclic) bond motifs is 1. The first-order valence-corrected chi connectivity index (χ1v) is 9.96. The van der Waals surface area contributed by atoms with Crippen molar-refractivity contribution < 1.29 is 4.52 Å². The number of rotatable bonds is 5. The van der Waals surface area contributed by atoms with Crippen LogP contribution in [0.25, 0.3) is 0 Å². The minimum Gasteiger partial charge on any atom is -0.340 e. The van der Waals surface area contributed by atoms with Crippen molar-refractivity contribution in [3.8, 4) is 0 Å². The summed E-state index contributed by atoms with van der Waals surface area (Å²) >= 11 is 0. The SMILES string of the molecule is Cc1nc(CN(C)C2CCCN(CC3Cc4ccccc4C3)CC2)no1. The summed E-state index contributed by atoms with van der Waals surface area (Å²) in [5.41, 5.74) is 3.14. The van der Waals surface area contributed by atoms with Crippen molar-refractivity contribution in [2.75, 3.05) is 26.7 Å². The molecule has 0 bridgehead atoms. The van der Waals surface area contributed by atoms with Crippen LogP contribution in [0.5, 0.6) is 0 Å². The van der Waals surface area contributed by atoms with Crippen LogP contribution in [0.2, 0.25) is 0 Å². The molecule has 1 aromatic carbocycles. The van der Waals surface area contributed by atoms with Gasteiger partial charge in [-0.15, -0.1) is 0 Å². The highest BCUT2D eigenvalue weighted by atomic mass is 16.5. The molecule has 1 saturated heterocycles. The molecule has 2 aliphatic rings. The molecule has 5 nitrogen and oxygen atoms in total. The summed E-state index contributed by atoms with van der Waals surface area (Å²) in [7, 11) is 2.19. The first-order chi connectivity index (χ1) is 12.7. The lowest BCUT2D eigenvalue weighted by atomic mass is 10.1. The van der Waals surface area contributed by atoms with Crippen LogP contribution in [0.3, 0.4) is 0 Å². The van der Waals surface area contributed by atoms with E-state index in [9.17, 15) is 0 Å². The van der Waals surface area contributed by atoms with E-state index in [0.29, 0.717) is 11.9 Å². The van der Waals surface area contributed by atoms with E-state index < -0.39 is 0 Å². The Labute approximate surface area is 156 Å². The second-order valence-corrected chi connectivity index (χ2v) is 8.07. The van der Waals surface area contributed by atoms with Gasteiger partial charge in [-0.05, 0) is 69.3 Å². The Morgan fingerprint density at radius 1 is 1.15 bits per heavy atom. The van der Waals surface area contributed by atoms with E-state index >= 15 is 0 Å². The maximum Gasteiger partial charge on any atom is 0.223 e. The molecule has 2 heterocycles. The summed E-state index contributed by atoms with van der Waals surface area (Å²) in [4.78, 5) is 9.44. The van der Waals surface area contributed by atoms with Gasteiger partial charge in [0, 0.05) is 19.5 Å². The molecule has 0 saturated carbocycles. The monoisotopic (exact) mass is 354 g/mol. The fourth-order valence-electron chi connectivity index (χ4n) is 4.66. The largest absolute Gasteiger partial charge is 0.340 e. The number of benzene rings is 1. The first kappa shape index (κ1) is 17.7. The van der Waals surface area contributed by atoms with E-state index in [1.54, 1.807) is 11.1 Å². The van der Waals surface area contributed by atoms with Gasteiger partial charge in [0.1, 0.15) is 0 Å². The lowest BCUT2D eigenvalue weighted by Gasteiger charge is -2.26. The van der Waals surface area contributed by atoms with Crippen molar-refractivity contribution in [1.82, 2.24) is 19.9 Å². The second kappa shape index (κ2) is 7.89. The van der Waals surface area contributed by atoms with Crippen LogP contribution in [0.4, 0.5) is 0 Å². The molecule has 0 radical (unpaired) electrons. The quantitative estimate of drug-likeness (QED) is 0.826. The highest BCUT2D eigenvalue weighted by Gasteiger charge is 2.26. The summed E-state index contributed by atoms with van der Waals surface area (Å²) in [6.45, 7) is 6.31. The van der Waals surface area contributed by atoms with Gasteiger partial charge in [-0.2, -0.15) is 4.98 Å². The Bertz CT molecular complexity index is 703. The molecule has 0 amide bonds. The van der Waals surface area contributed by atoms with E-state index in [1.807, 2.05) is 6.92 Å². The summed E-state index contributed by atoms with van der Waals surface area (Å²) in [5, 5.41) is 4.04. The summed E-state index contributed by atoms with van der Waals surface area (Å²) in [6.07, 6.45) is 6.28. The Morgan fingerprint density at radius 3 is 2.62 bits per heavy atom. The number of likely N-dealkylation sites (tertiary alicyclic amines) is 1. The van der Waals surface area contributed by atoms with Crippen LogP contribution in [0.1, 0.15) is 42.1 Å². The zero-order valence-corrected chi connectivity index (χ0v) is 16.0. The molecule has 2 aromatic rings. The zero-order chi connectivity index (χ0) is 17.9. The van der Waals surface area contributed by atoms with E-state index in [2.05, 4.69) is 51.3 Å². The summed E-state index contributed by atoms with van der Waals surface area (Å²) in [6, 6.07) is 9.59. The molecule has 1 aliphatic heterocycles. The van der Waals surface area contributed by atoms with Crippen molar-refractivity contribution in [1.29, 1.82) is 0 Å². The predicted octanol–water partition coefficient (Wildman–Crippen LogP) is 3.08. The fourth-order valence-corrected chi connectivity index (χ4v) is 4.66. The van der Waals surface area contributed by atoms with E-state index in [-0.39, 0.29) is 0 Å².